The summed E-state index contributed by atoms with van der Waals surface area (Å²) < 4.78 is 5.10. The Balaban J connectivity index is 1.45. The van der Waals surface area contributed by atoms with Crippen LogP contribution in [-0.4, -0.2) is 38.0 Å². The van der Waals surface area contributed by atoms with Gasteiger partial charge in [-0.3, -0.25) is 4.79 Å². The van der Waals surface area contributed by atoms with Crippen LogP contribution in [0.1, 0.15) is 5.76 Å². The van der Waals surface area contributed by atoms with Gasteiger partial charge in [0.25, 0.3) is 0 Å². The molecule has 0 aromatic carbocycles. The smallest absolute Gasteiger partial charge is 0.240 e. The second kappa shape index (κ2) is 7.92. The number of rotatable bonds is 7. The lowest BCUT2D eigenvalue weighted by Gasteiger charge is -2.01. The van der Waals surface area contributed by atoms with Crippen molar-refractivity contribution in [3.63, 3.8) is 0 Å². The number of nitrogens with zero attached hydrogens (tertiary/aromatic N) is 4. The number of H-pyrrole nitrogens is 1. The highest BCUT2D eigenvalue weighted by molar-refractivity contribution is 7.99. The van der Waals surface area contributed by atoms with E-state index in [2.05, 4.69) is 36.0 Å². The Hall–Kier alpha value is -3.14. The molecule has 3 rings (SSSR count). The van der Waals surface area contributed by atoms with Crippen LogP contribution >= 0.6 is 11.8 Å². The van der Waals surface area contributed by atoms with Crippen molar-refractivity contribution in [3.8, 4) is 0 Å². The van der Waals surface area contributed by atoms with E-state index in [0.717, 1.165) is 0 Å². The minimum absolute atomic E-state index is 0.170. The molecule has 10 heteroatoms. The van der Waals surface area contributed by atoms with Gasteiger partial charge in [-0.25, -0.2) is 15.5 Å². The van der Waals surface area contributed by atoms with Crippen molar-refractivity contribution in [1.29, 1.82) is 0 Å². The first-order valence-corrected chi connectivity index (χ1v) is 7.87. The topological polar surface area (TPSA) is 121 Å². The molecule has 3 heterocycles. The van der Waals surface area contributed by atoms with Gasteiger partial charge in [0.1, 0.15) is 11.6 Å². The Labute approximate surface area is 141 Å². The molecule has 0 aliphatic rings. The number of thioether (sulfide) groups is 1. The molecule has 24 heavy (non-hydrogen) atoms. The second-order valence-corrected chi connectivity index (χ2v) is 5.35. The van der Waals surface area contributed by atoms with Crippen molar-refractivity contribution in [1.82, 2.24) is 20.2 Å². The number of hydrogen-bond donors (Lipinski definition) is 3. The summed E-state index contributed by atoms with van der Waals surface area (Å²) in [7, 11) is 0. The van der Waals surface area contributed by atoms with Gasteiger partial charge in [-0.05, 0) is 24.3 Å². The maximum absolute atomic E-state index is 11.8. The number of carbonyl (C=O) groups is 1. The lowest BCUT2D eigenvalue weighted by atomic mass is 10.4. The molecular weight excluding hydrogens is 330 g/mol. The molecular formula is C14H13N7O2S. The van der Waals surface area contributed by atoms with E-state index in [4.69, 9.17) is 4.42 Å². The van der Waals surface area contributed by atoms with E-state index in [1.54, 1.807) is 42.8 Å². The van der Waals surface area contributed by atoms with Gasteiger partial charge in [0.05, 0.1) is 18.2 Å². The molecule has 3 aromatic heterocycles. The first-order valence-electron chi connectivity index (χ1n) is 6.88. The number of aromatic amines is 1. The zero-order chi connectivity index (χ0) is 16.6. The molecule has 3 aromatic rings. The number of amides is 1. The van der Waals surface area contributed by atoms with Crippen LogP contribution in [0.2, 0.25) is 0 Å². The molecule has 0 aliphatic heterocycles. The third-order valence-electron chi connectivity index (χ3n) is 2.64. The van der Waals surface area contributed by atoms with Gasteiger partial charge in [0, 0.05) is 6.20 Å². The van der Waals surface area contributed by atoms with Crippen LogP contribution in [0.4, 0.5) is 11.8 Å². The predicted molar refractivity (Wildman–Crippen MR) is 89.9 cm³/mol. The predicted octanol–water partition coefficient (Wildman–Crippen LogP) is 1.97. The SMILES string of the molecule is O=C(CSc1n[nH]c(NN=Cc2ccco2)n1)Nc1ccccn1. The zero-order valence-electron chi connectivity index (χ0n) is 12.3. The highest BCUT2D eigenvalue weighted by Crippen LogP contribution is 2.14. The maximum Gasteiger partial charge on any atom is 0.240 e. The summed E-state index contributed by atoms with van der Waals surface area (Å²) in [6.07, 6.45) is 4.68. The number of hydrazone groups is 1. The molecule has 1 amide bonds. The van der Waals surface area contributed by atoms with Crippen molar-refractivity contribution in [2.75, 3.05) is 16.5 Å². The average Bonchev–Trinajstić information content (AvgIpc) is 3.26. The number of anilines is 2. The summed E-state index contributed by atoms with van der Waals surface area (Å²) >= 11 is 1.20. The van der Waals surface area contributed by atoms with E-state index >= 15 is 0 Å². The Morgan fingerprint density at radius 3 is 3.12 bits per heavy atom. The number of nitrogens with one attached hydrogen (secondary N) is 3. The Morgan fingerprint density at radius 2 is 2.33 bits per heavy atom. The number of aromatic nitrogens is 4. The molecule has 0 saturated carbocycles. The van der Waals surface area contributed by atoms with Gasteiger partial charge in [-0.1, -0.05) is 17.8 Å². The van der Waals surface area contributed by atoms with Gasteiger partial charge in [0.15, 0.2) is 0 Å². The van der Waals surface area contributed by atoms with Gasteiger partial charge in [-0.15, -0.1) is 5.10 Å². The molecule has 0 saturated heterocycles. The number of carbonyl (C=O) groups excluding carboxylic acids is 1. The monoisotopic (exact) mass is 343 g/mol. The lowest BCUT2D eigenvalue weighted by molar-refractivity contribution is -0.113. The first-order chi connectivity index (χ1) is 11.8. The van der Waals surface area contributed by atoms with Crippen LogP contribution in [0.25, 0.3) is 0 Å². The van der Waals surface area contributed by atoms with Gasteiger partial charge in [-0.2, -0.15) is 10.1 Å². The molecule has 122 valence electrons. The summed E-state index contributed by atoms with van der Waals surface area (Å²) in [6.45, 7) is 0. The molecule has 0 bridgehead atoms. The summed E-state index contributed by atoms with van der Waals surface area (Å²) in [5, 5.41) is 13.7. The third kappa shape index (κ3) is 4.68. The molecule has 0 aliphatic carbocycles. The minimum atomic E-state index is -0.186. The molecule has 9 nitrogen and oxygen atoms in total. The molecule has 3 N–H and O–H groups in total. The van der Waals surface area contributed by atoms with E-state index in [1.807, 2.05) is 0 Å². The quantitative estimate of drug-likeness (QED) is 0.340. The second-order valence-electron chi connectivity index (χ2n) is 4.40. The fourth-order valence-electron chi connectivity index (χ4n) is 1.63. The van der Waals surface area contributed by atoms with E-state index in [0.29, 0.717) is 22.7 Å². The number of hydrogen-bond acceptors (Lipinski definition) is 8. The highest BCUT2D eigenvalue weighted by atomic mass is 32.2. The van der Waals surface area contributed by atoms with Crippen LogP contribution in [0.15, 0.2) is 57.5 Å². The van der Waals surface area contributed by atoms with E-state index < -0.39 is 0 Å². The highest BCUT2D eigenvalue weighted by Gasteiger charge is 2.08. The van der Waals surface area contributed by atoms with Gasteiger partial charge >= 0.3 is 0 Å². The van der Waals surface area contributed by atoms with Gasteiger partial charge < -0.3 is 9.73 Å². The Kier molecular flexibility index (Phi) is 5.20. The number of furan rings is 1. The van der Waals surface area contributed by atoms with E-state index in [9.17, 15) is 4.79 Å². The standard InChI is InChI=1S/C14H13N7O2S/c22-12(17-11-5-1-2-6-15-11)9-24-14-18-13(20-21-14)19-16-8-10-4-3-7-23-10/h1-8H,9H2,(H,15,17,22)(H2,18,19,20,21). The average molecular weight is 343 g/mol. The van der Waals surface area contributed by atoms with Crippen LogP contribution in [0, 0.1) is 0 Å². The molecule has 0 fully saturated rings. The van der Waals surface area contributed by atoms with Crippen molar-refractivity contribution in [3.05, 3.63) is 48.6 Å². The third-order valence-corrected chi connectivity index (χ3v) is 3.48. The molecule has 0 radical (unpaired) electrons. The van der Waals surface area contributed by atoms with Crippen molar-refractivity contribution < 1.29 is 9.21 Å². The fraction of sp³-hybridized carbons (Fsp3) is 0.0714. The van der Waals surface area contributed by atoms with Crippen LogP contribution in [0.3, 0.4) is 0 Å². The summed E-state index contributed by atoms with van der Waals surface area (Å²) in [5.41, 5.74) is 2.69. The summed E-state index contributed by atoms with van der Waals surface area (Å²) in [6, 6.07) is 8.83. The minimum Gasteiger partial charge on any atom is -0.463 e. The molecule has 0 atom stereocenters. The summed E-state index contributed by atoms with van der Waals surface area (Å²) in [5.74, 6) is 1.47. The van der Waals surface area contributed by atoms with E-state index in [1.165, 1.54) is 18.0 Å². The fourth-order valence-corrected chi connectivity index (χ4v) is 2.23. The Bertz CT molecular complexity index is 802. The zero-order valence-corrected chi connectivity index (χ0v) is 13.2. The first kappa shape index (κ1) is 15.7. The van der Waals surface area contributed by atoms with Gasteiger partial charge in [0.2, 0.25) is 17.0 Å². The summed E-state index contributed by atoms with van der Waals surface area (Å²) in [4.78, 5) is 20.0. The maximum atomic E-state index is 11.8. The largest absolute Gasteiger partial charge is 0.463 e. The van der Waals surface area contributed by atoms with Crippen LogP contribution in [0.5, 0.6) is 0 Å². The van der Waals surface area contributed by atoms with Crippen LogP contribution in [-0.2, 0) is 4.79 Å². The van der Waals surface area contributed by atoms with Crippen molar-refractivity contribution in [2.24, 2.45) is 5.10 Å². The lowest BCUT2D eigenvalue weighted by Crippen LogP contribution is -2.14. The normalized spacial score (nSPS) is 10.8. The van der Waals surface area contributed by atoms with Crippen LogP contribution < -0.4 is 10.7 Å². The van der Waals surface area contributed by atoms with Crippen molar-refractivity contribution >= 4 is 35.6 Å². The number of pyridine rings is 1. The molecule has 0 spiro atoms. The van der Waals surface area contributed by atoms with Crippen molar-refractivity contribution in [2.45, 2.75) is 5.16 Å². The van der Waals surface area contributed by atoms with E-state index in [-0.39, 0.29) is 11.7 Å². The Morgan fingerprint density at radius 1 is 1.38 bits per heavy atom. The molecule has 0 unspecified atom stereocenters.